The predicted molar refractivity (Wildman–Crippen MR) is 91.0 cm³/mol. The number of anilines is 1. The van der Waals surface area contributed by atoms with E-state index in [2.05, 4.69) is 10.6 Å². The van der Waals surface area contributed by atoms with Crippen LogP contribution in [0.5, 0.6) is 0 Å². The van der Waals surface area contributed by atoms with Gasteiger partial charge in [0, 0.05) is 5.02 Å². The number of amides is 1. The number of rotatable bonds is 3. The number of thiocarbonyl (C=S) groups is 1. The second-order valence-corrected chi connectivity index (χ2v) is 5.54. The molecular weight excluding hydrogens is 327 g/mol. The molecule has 2 aromatic carbocycles. The van der Waals surface area contributed by atoms with Gasteiger partial charge >= 0.3 is 0 Å². The van der Waals surface area contributed by atoms with E-state index in [-0.39, 0.29) is 17.4 Å². The molecule has 0 saturated heterocycles. The summed E-state index contributed by atoms with van der Waals surface area (Å²) in [4.78, 5) is 11.9. The van der Waals surface area contributed by atoms with Gasteiger partial charge < -0.3 is 10.6 Å². The maximum Gasteiger partial charge on any atom is 0.230 e. The van der Waals surface area contributed by atoms with Crippen molar-refractivity contribution in [3.63, 3.8) is 0 Å². The maximum absolute atomic E-state index is 11.9. The van der Waals surface area contributed by atoms with Crippen LogP contribution < -0.4 is 10.6 Å². The van der Waals surface area contributed by atoms with Crippen LogP contribution in [-0.2, 0) is 11.2 Å². The predicted octanol–water partition coefficient (Wildman–Crippen LogP) is 4.05. The highest BCUT2D eigenvalue weighted by atomic mass is 35.5. The zero-order valence-corrected chi connectivity index (χ0v) is 13.2. The first-order valence-electron chi connectivity index (χ1n) is 6.14. The molecule has 0 heterocycles. The monoisotopic (exact) mass is 338 g/mol. The largest absolute Gasteiger partial charge is 0.331 e. The Balaban J connectivity index is 1.89. The molecule has 0 spiro atoms. The number of hydrogen-bond acceptors (Lipinski definition) is 2. The summed E-state index contributed by atoms with van der Waals surface area (Å²) in [5, 5.41) is 6.87. The lowest BCUT2D eigenvalue weighted by Crippen LogP contribution is -2.35. The first-order chi connectivity index (χ1) is 10.0. The zero-order valence-electron chi connectivity index (χ0n) is 10.9. The van der Waals surface area contributed by atoms with Gasteiger partial charge in [-0.25, -0.2) is 0 Å². The summed E-state index contributed by atoms with van der Waals surface area (Å²) in [6, 6.07) is 14.2. The summed E-state index contributed by atoms with van der Waals surface area (Å²) >= 11 is 16.9. The third-order valence-electron chi connectivity index (χ3n) is 2.65. The second-order valence-electron chi connectivity index (χ2n) is 4.29. The quantitative estimate of drug-likeness (QED) is 0.829. The number of carbonyl (C=O) groups is 1. The molecule has 2 rings (SSSR count). The van der Waals surface area contributed by atoms with Crippen molar-refractivity contribution in [2.24, 2.45) is 0 Å². The number of para-hydroxylation sites is 1. The van der Waals surface area contributed by atoms with Crippen molar-refractivity contribution in [2.75, 3.05) is 5.32 Å². The molecule has 0 aromatic heterocycles. The minimum absolute atomic E-state index is 0.207. The van der Waals surface area contributed by atoms with Crippen molar-refractivity contribution in [2.45, 2.75) is 6.42 Å². The highest BCUT2D eigenvalue weighted by Gasteiger charge is 2.07. The van der Waals surface area contributed by atoms with Crippen LogP contribution in [-0.4, -0.2) is 11.0 Å². The highest BCUT2D eigenvalue weighted by molar-refractivity contribution is 7.80. The minimum Gasteiger partial charge on any atom is -0.331 e. The summed E-state index contributed by atoms with van der Waals surface area (Å²) < 4.78 is 0. The van der Waals surface area contributed by atoms with Crippen LogP contribution in [0.2, 0.25) is 10.0 Å². The van der Waals surface area contributed by atoms with Crippen molar-refractivity contribution in [3.05, 3.63) is 64.1 Å². The van der Waals surface area contributed by atoms with Crippen LogP contribution in [0.25, 0.3) is 0 Å². The van der Waals surface area contributed by atoms with Crippen LogP contribution >= 0.6 is 35.4 Å². The van der Waals surface area contributed by atoms with E-state index in [4.69, 9.17) is 35.4 Å². The topological polar surface area (TPSA) is 41.1 Å². The Morgan fingerprint density at radius 2 is 1.71 bits per heavy atom. The highest BCUT2D eigenvalue weighted by Crippen LogP contribution is 2.20. The fraction of sp³-hybridized carbons (Fsp3) is 0.0667. The van der Waals surface area contributed by atoms with Crippen molar-refractivity contribution in [1.82, 2.24) is 5.32 Å². The summed E-state index contributed by atoms with van der Waals surface area (Å²) in [7, 11) is 0. The Hall–Kier alpha value is -1.62. The number of benzene rings is 2. The third-order valence-corrected chi connectivity index (χ3v) is 3.44. The van der Waals surface area contributed by atoms with Gasteiger partial charge in [-0.1, -0.05) is 47.5 Å². The molecule has 108 valence electrons. The maximum atomic E-state index is 11.9. The standard InChI is InChI=1S/C15H12Cl2N2OS/c16-11-7-5-10(6-8-11)9-14(20)19-15(21)18-13-4-2-1-3-12(13)17/h1-8H,9H2,(H2,18,19,20,21). The van der Waals surface area contributed by atoms with Crippen LogP contribution in [0.4, 0.5) is 5.69 Å². The van der Waals surface area contributed by atoms with E-state index in [9.17, 15) is 4.79 Å². The molecule has 0 fully saturated rings. The molecule has 0 aliphatic heterocycles. The number of hydrogen-bond donors (Lipinski definition) is 2. The average molecular weight is 339 g/mol. The third kappa shape index (κ3) is 5.01. The average Bonchev–Trinajstić information content (AvgIpc) is 2.44. The molecule has 3 nitrogen and oxygen atoms in total. The molecule has 6 heteroatoms. The Kier molecular flexibility index (Phi) is 5.56. The van der Waals surface area contributed by atoms with Gasteiger partial charge in [0.1, 0.15) is 0 Å². The fourth-order valence-electron chi connectivity index (χ4n) is 1.67. The van der Waals surface area contributed by atoms with E-state index >= 15 is 0 Å². The van der Waals surface area contributed by atoms with E-state index < -0.39 is 0 Å². The van der Waals surface area contributed by atoms with Crippen LogP contribution in [0.3, 0.4) is 0 Å². The van der Waals surface area contributed by atoms with Crippen LogP contribution in [0.15, 0.2) is 48.5 Å². The summed E-state index contributed by atoms with van der Waals surface area (Å²) in [5.41, 5.74) is 1.51. The van der Waals surface area contributed by atoms with Gasteiger partial charge in [0.2, 0.25) is 5.91 Å². The Morgan fingerprint density at radius 1 is 1.05 bits per heavy atom. The molecular formula is C15H12Cl2N2OS. The molecule has 2 aromatic rings. The molecule has 21 heavy (non-hydrogen) atoms. The molecule has 0 bridgehead atoms. The van der Waals surface area contributed by atoms with Crippen molar-refractivity contribution < 1.29 is 4.79 Å². The van der Waals surface area contributed by atoms with E-state index in [1.807, 2.05) is 12.1 Å². The lowest BCUT2D eigenvalue weighted by molar-refractivity contribution is -0.119. The lowest BCUT2D eigenvalue weighted by Gasteiger charge is -2.10. The van der Waals surface area contributed by atoms with E-state index in [0.29, 0.717) is 15.7 Å². The van der Waals surface area contributed by atoms with Crippen molar-refractivity contribution >= 4 is 52.1 Å². The molecule has 0 aliphatic rings. The van der Waals surface area contributed by atoms with E-state index in [1.165, 1.54) is 0 Å². The Bertz CT molecular complexity index is 659. The Labute approximate surface area is 138 Å². The van der Waals surface area contributed by atoms with Crippen molar-refractivity contribution in [3.8, 4) is 0 Å². The summed E-state index contributed by atoms with van der Waals surface area (Å²) in [6.07, 6.45) is 0.224. The van der Waals surface area contributed by atoms with Gasteiger partial charge in [0.15, 0.2) is 5.11 Å². The second kappa shape index (κ2) is 7.41. The molecule has 0 saturated carbocycles. The van der Waals surface area contributed by atoms with Gasteiger partial charge in [0.05, 0.1) is 17.1 Å². The van der Waals surface area contributed by atoms with Crippen LogP contribution in [0.1, 0.15) is 5.56 Å². The zero-order chi connectivity index (χ0) is 15.2. The van der Waals surface area contributed by atoms with E-state index in [0.717, 1.165) is 5.56 Å². The van der Waals surface area contributed by atoms with Crippen molar-refractivity contribution in [1.29, 1.82) is 0 Å². The smallest absolute Gasteiger partial charge is 0.230 e. The number of nitrogens with one attached hydrogen (secondary N) is 2. The SMILES string of the molecule is O=C(Cc1ccc(Cl)cc1)NC(=S)Nc1ccccc1Cl. The minimum atomic E-state index is -0.207. The van der Waals surface area contributed by atoms with Gasteiger partial charge in [0.25, 0.3) is 0 Å². The first kappa shape index (κ1) is 15.8. The molecule has 2 N–H and O–H groups in total. The normalized spacial score (nSPS) is 10.0. The van der Waals surface area contributed by atoms with Gasteiger partial charge in [-0.3, -0.25) is 4.79 Å². The summed E-state index contributed by atoms with van der Waals surface area (Å²) in [5.74, 6) is -0.207. The molecule has 0 unspecified atom stereocenters. The summed E-state index contributed by atoms with van der Waals surface area (Å²) in [6.45, 7) is 0. The Morgan fingerprint density at radius 3 is 2.38 bits per heavy atom. The van der Waals surface area contributed by atoms with E-state index in [1.54, 1.807) is 36.4 Å². The lowest BCUT2D eigenvalue weighted by atomic mass is 10.1. The molecule has 0 radical (unpaired) electrons. The van der Waals surface area contributed by atoms with Crippen LogP contribution in [0, 0.1) is 0 Å². The number of halogens is 2. The number of carbonyl (C=O) groups excluding carboxylic acids is 1. The molecule has 0 aliphatic carbocycles. The van der Waals surface area contributed by atoms with Gasteiger partial charge in [-0.2, -0.15) is 0 Å². The molecule has 1 amide bonds. The van der Waals surface area contributed by atoms with Gasteiger partial charge in [-0.15, -0.1) is 0 Å². The first-order valence-corrected chi connectivity index (χ1v) is 7.31. The molecule has 0 atom stereocenters. The fourth-order valence-corrected chi connectivity index (χ4v) is 2.21. The van der Waals surface area contributed by atoms with Gasteiger partial charge in [-0.05, 0) is 42.0 Å².